The molecule has 0 aromatic heterocycles. The van der Waals surface area contributed by atoms with Gasteiger partial charge in [-0.2, -0.15) is 0 Å². The standard InChI is InChI=1S/C17H24N2O3/c1-22-15-10-6-7-13(11-15)12-18-16(20)17(21)19-14-8-4-2-3-5-9-14/h6-7,10-11,14H,2-5,8-9,12H2,1H3,(H,18,20)(H,19,21). The molecule has 2 amide bonds. The first-order valence-corrected chi connectivity index (χ1v) is 7.90. The number of nitrogens with one attached hydrogen (secondary N) is 2. The van der Waals surface area contributed by atoms with Crippen LogP contribution in [0.4, 0.5) is 0 Å². The predicted octanol–water partition coefficient (Wildman–Crippen LogP) is 2.15. The molecule has 5 nitrogen and oxygen atoms in total. The molecule has 0 aliphatic heterocycles. The Bertz CT molecular complexity index is 508. The van der Waals surface area contributed by atoms with Crippen LogP contribution in [0.3, 0.4) is 0 Å². The molecule has 0 heterocycles. The van der Waals surface area contributed by atoms with E-state index in [2.05, 4.69) is 10.6 Å². The maximum absolute atomic E-state index is 11.9. The highest BCUT2D eigenvalue weighted by atomic mass is 16.5. The first-order chi connectivity index (χ1) is 10.7. The van der Waals surface area contributed by atoms with E-state index in [-0.39, 0.29) is 6.04 Å². The van der Waals surface area contributed by atoms with Crippen LogP contribution in [0.5, 0.6) is 5.75 Å². The molecule has 0 saturated heterocycles. The first-order valence-electron chi connectivity index (χ1n) is 7.90. The minimum Gasteiger partial charge on any atom is -0.497 e. The van der Waals surface area contributed by atoms with Gasteiger partial charge in [0.2, 0.25) is 0 Å². The van der Waals surface area contributed by atoms with Gasteiger partial charge in [0.1, 0.15) is 5.75 Å². The smallest absolute Gasteiger partial charge is 0.309 e. The summed E-state index contributed by atoms with van der Waals surface area (Å²) in [7, 11) is 1.60. The van der Waals surface area contributed by atoms with Gasteiger partial charge in [0.25, 0.3) is 0 Å². The van der Waals surface area contributed by atoms with Crippen LogP contribution in [0.25, 0.3) is 0 Å². The van der Waals surface area contributed by atoms with E-state index in [0.29, 0.717) is 6.54 Å². The zero-order chi connectivity index (χ0) is 15.8. The van der Waals surface area contributed by atoms with E-state index in [1.807, 2.05) is 24.3 Å². The monoisotopic (exact) mass is 304 g/mol. The van der Waals surface area contributed by atoms with Gasteiger partial charge in [0.15, 0.2) is 0 Å². The highest BCUT2D eigenvalue weighted by Crippen LogP contribution is 2.17. The van der Waals surface area contributed by atoms with Crippen molar-refractivity contribution in [2.75, 3.05) is 7.11 Å². The number of benzene rings is 1. The van der Waals surface area contributed by atoms with Crippen molar-refractivity contribution < 1.29 is 14.3 Å². The van der Waals surface area contributed by atoms with Crippen LogP contribution in [-0.4, -0.2) is 25.0 Å². The summed E-state index contributed by atoms with van der Waals surface area (Å²) >= 11 is 0. The number of carbonyl (C=O) groups is 2. The molecule has 0 radical (unpaired) electrons. The average Bonchev–Trinajstić information content (AvgIpc) is 2.81. The Labute approximate surface area is 131 Å². The molecule has 1 aromatic rings. The second-order valence-electron chi connectivity index (χ2n) is 5.70. The summed E-state index contributed by atoms with van der Waals surface area (Å²) in [6.45, 7) is 0.314. The SMILES string of the molecule is COc1cccc(CNC(=O)C(=O)NC2CCCCCC2)c1. The molecule has 0 spiro atoms. The Morgan fingerprint density at radius 3 is 2.55 bits per heavy atom. The van der Waals surface area contributed by atoms with Gasteiger partial charge in [-0.15, -0.1) is 0 Å². The Hall–Kier alpha value is -2.04. The summed E-state index contributed by atoms with van der Waals surface area (Å²) in [6, 6.07) is 7.54. The molecule has 0 bridgehead atoms. The van der Waals surface area contributed by atoms with Crippen LogP contribution in [0.15, 0.2) is 24.3 Å². The van der Waals surface area contributed by atoms with Gasteiger partial charge in [-0.25, -0.2) is 0 Å². The third kappa shape index (κ3) is 5.06. The Morgan fingerprint density at radius 2 is 1.86 bits per heavy atom. The second-order valence-corrected chi connectivity index (χ2v) is 5.70. The van der Waals surface area contributed by atoms with Crippen molar-refractivity contribution in [2.24, 2.45) is 0 Å². The van der Waals surface area contributed by atoms with Gasteiger partial charge in [0, 0.05) is 12.6 Å². The summed E-state index contributed by atoms with van der Waals surface area (Å²) < 4.78 is 5.13. The molecule has 1 fully saturated rings. The van der Waals surface area contributed by atoms with Crippen LogP contribution in [-0.2, 0) is 16.1 Å². The number of carbonyl (C=O) groups excluding carboxylic acids is 2. The summed E-state index contributed by atoms with van der Waals surface area (Å²) in [6.07, 6.45) is 6.61. The van der Waals surface area contributed by atoms with Crippen molar-refractivity contribution in [3.8, 4) is 5.75 Å². The molecule has 2 rings (SSSR count). The molecule has 2 N–H and O–H groups in total. The largest absolute Gasteiger partial charge is 0.497 e. The molecule has 1 aliphatic rings. The van der Waals surface area contributed by atoms with E-state index in [1.165, 1.54) is 12.8 Å². The van der Waals surface area contributed by atoms with E-state index in [0.717, 1.165) is 37.0 Å². The summed E-state index contributed by atoms with van der Waals surface area (Å²) in [4.78, 5) is 23.8. The van der Waals surface area contributed by atoms with Gasteiger partial charge in [-0.3, -0.25) is 9.59 Å². The van der Waals surface area contributed by atoms with Crippen molar-refractivity contribution >= 4 is 11.8 Å². The Morgan fingerprint density at radius 1 is 1.14 bits per heavy atom. The first kappa shape index (κ1) is 16.3. The fourth-order valence-corrected chi connectivity index (χ4v) is 2.72. The molecular weight excluding hydrogens is 280 g/mol. The maximum atomic E-state index is 11.9. The van der Waals surface area contributed by atoms with Crippen LogP contribution in [0.1, 0.15) is 44.1 Å². The quantitative estimate of drug-likeness (QED) is 0.661. The van der Waals surface area contributed by atoms with Gasteiger partial charge < -0.3 is 15.4 Å². The number of methoxy groups -OCH3 is 1. The van der Waals surface area contributed by atoms with Crippen molar-refractivity contribution in [3.05, 3.63) is 29.8 Å². The number of amides is 2. The number of rotatable bonds is 4. The minimum absolute atomic E-state index is 0.137. The van der Waals surface area contributed by atoms with E-state index in [9.17, 15) is 9.59 Å². The molecule has 22 heavy (non-hydrogen) atoms. The lowest BCUT2D eigenvalue weighted by atomic mass is 10.1. The van der Waals surface area contributed by atoms with Gasteiger partial charge in [-0.1, -0.05) is 37.8 Å². The van der Waals surface area contributed by atoms with E-state index < -0.39 is 11.8 Å². The van der Waals surface area contributed by atoms with Crippen molar-refractivity contribution in [3.63, 3.8) is 0 Å². The zero-order valence-electron chi connectivity index (χ0n) is 13.1. The van der Waals surface area contributed by atoms with Gasteiger partial charge in [-0.05, 0) is 30.5 Å². The van der Waals surface area contributed by atoms with Crippen LogP contribution in [0.2, 0.25) is 0 Å². The molecule has 5 heteroatoms. The molecular formula is C17H24N2O3. The third-order valence-electron chi connectivity index (χ3n) is 3.98. The number of hydrogen-bond acceptors (Lipinski definition) is 3. The highest BCUT2D eigenvalue weighted by Gasteiger charge is 2.19. The van der Waals surface area contributed by atoms with E-state index in [1.54, 1.807) is 7.11 Å². The highest BCUT2D eigenvalue weighted by molar-refractivity contribution is 6.35. The molecule has 1 aliphatic carbocycles. The minimum atomic E-state index is -0.577. The van der Waals surface area contributed by atoms with Gasteiger partial charge >= 0.3 is 11.8 Å². The Kier molecular flexibility index (Phi) is 6.25. The average molecular weight is 304 g/mol. The summed E-state index contributed by atoms with van der Waals surface area (Å²) in [5.74, 6) is -0.378. The third-order valence-corrected chi connectivity index (χ3v) is 3.98. The zero-order valence-corrected chi connectivity index (χ0v) is 13.1. The molecule has 120 valence electrons. The summed E-state index contributed by atoms with van der Waals surface area (Å²) in [5, 5.41) is 5.49. The normalized spacial score (nSPS) is 15.7. The fraction of sp³-hybridized carbons (Fsp3) is 0.529. The fourth-order valence-electron chi connectivity index (χ4n) is 2.72. The lowest BCUT2D eigenvalue weighted by Gasteiger charge is -2.15. The molecule has 1 aromatic carbocycles. The number of hydrogen-bond donors (Lipinski definition) is 2. The van der Waals surface area contributed by atoms with Crippen LogP contribution < -0.4 is 15.4 Å². The van der Waals surface area contributed by atoms with Gasteiger partial charge in [0.05, 0.1) is 7.11 Å². The molecule has 0 atom stereocenters. The lowest BCUT2D eigenvalue weighted by molar-refractivity contribution is -0.139. The van der Waals surface area contributed by atoms with Crippen LogP contribution >= 0.6 is 0 Å². The second kappa shape index (κ2) is 8.41. The summed E-state index contributed by atoms with van der Waals surface area (Å²) in [5.41, 5.74) is 0.898. The molecule has 0 unspecified atom stereocenters. The van der Waals surface area contributed by atoms with E-state index in [4.69, 9.17) is 4.74 Å². The van der Waals surface area contributed by atoms with Crippen molar-refractivity contribution in [1.82, 2.24) is 10.6 Å². The maximum Gasteiger partial charge on any atom is 0.309 e. The number of ether oxygens (including phenoxy) is 1. The van der Waals surface area contributed by atoms with Crippen molar-refractivity contribution in [2.45, 2.75) is 51.1 Å². The predicted molar refractivity (Wildman–Crippen MR) is 84.5 cm³/mol. The van der Waals surface area contributed by atoms with Crippen LogP contribution in [0, 0.1) is 0 Å². The van der Waals surface area contributed by atoms with E-state index >= 15 is 0 Å². The van der Waals surface area contributed by atoms with Crippen molar-refractivity contribution in [1.29, 1.82) is 0 Å². The topological polar surface area (TPSA) is 67.4 Å². The lowest BCUT2D eigenvalue weighted by Crippen LogP contribution is -2.44. The molecule has 1 saturated carbocycles. The Balaban J connectivity index is 1.79.